The Balaban J connectivity index is 2.00. The number of halogens is 2. The van der Waals surface area contributed by atoms with Gasteiger partial charge in [-0.05, 0) is 42.0 Å². The summed E-state index contributed by atoms with van der Waals surface area (Å²) in [5.74, 6) is -0.254. The zero-order valence-corrected chi connectivity index (χ0v) is 16.0. The van der Waals surface area contributed by atoms with Crippen LogP contribution >= 0.6 is 27.5 Å². The molecule has 1 N–H and O–H groups in total. The quantitative estimate of drug-likeness (QED) is 0.582. The smallest absolute Gasteiger partial charge is 0.192 e. The van der Waals surface area contributed by atoms with Crippen molar-refractivity contribution in [3.05, 3.63) is 74.2 Å². The molecule has 2 aromatic carbocycles. The molecule has 0 aliphatic rings. The van der Waals surface area contributed by atoms with Gasteiger partial charge in [-0.2, -0.15) is 5.26 Å². The number of hydrogen-bond acceptors (Lipinski definition) is 3. The fourth-order valence-electron chi connectivity index (χ4n) is 2.44. The van der Waals surface area contributed by atoms with Gasteiger partial charge in [-0.3, -0.25) is 0 Å². The average molecular weight is 436 g/mol. The molecule has 0 amide bonds. The Morgan fingerprint density at radius 3 is 2.64 bits per heavy atom. The molecule has 0 saturated carbocycles. The normalized spacial score (nSPS) is 12.3. The Hall–Kier alpha value is -2.07. The zero-order valence-electron chi connectivity index (χ0n) is 12.8. The topological polar surface area (TPSA) is 73.7 Å². The van der Waals surface area contributed by atoms with Crippen LogP contribution in [-0.2, 0) is 15.6 Å². The van der Waals surface area contributed by atoms with E-state index in [1.807, 2.05) is 24.3 Å². The summed E-state index contributed by atoms with van der Waals surface area (Å²) in [7, 11) is -3.76. The van der Waals surface area contributed by atoms with Crippen LogP contribution in [0.2, 0.25) is 5.02 Å². The first kappa shape index (κ1) is 17.7. The lowest BCUT2D eigenvalue weighted by atomic mass is 10.1. The molecule has 0 radical (unpaired) electrons. The van der Waals surface area contributed by atoms with Gasteiger partial charge in [0.05, 0.1) is 5.75 Å². The van der Waals surface area contributed by atoms with Gasteiger partial charge in [-0.25, -0.2) is 8.42 Å². The highest BCUT2D eigenvalue weighted by Gasteiger charge is 2.19. The van der Waals surface area contributed by atoms with Gasteiger partial charge in [0.25, 0.3) is 0 Å². The Bertz CT molecular complexity index is 1110. The standard InChI is InChI=1S/C18H12BrClN2O2S/c19-14-3-6-18-17(8-14)13(10-22-18)7-16(9-21)25(23,24)11-12-1-4-15(20)5-2-12/h1-8,10,22H,11H2. The van der Waals surface area contributed by atoms with Crippen LogP contribution in [0.5, 0.6) is 0 Å². The van der Waals surface area contributed by atoms with E-state index >= 15 is 0 Å². The van der Waals surface area contributed by atoms with Gasteiger partial charge >= 0.3 is 0 Å². The molecule has 1 heterocycles. The van der Waals surface area contributed by atoms with E-state index in [0.717, 1.165) is 15.4 Å². The van der Waals surface area contributed by atoms with E-state index in [1.54, 1.807) is 30.5 Å². The first-order valence-electron chi connectivity index (χ1n) is 7.25. The van der Waals surface area contributed by atoms with E-state index in [1.165, 1.54) is 6.08 Å². The maximum atomic E-state index is 12.6. The number of sulfone groups is 1. The number of rotatable bonds is 4. The predicted molar refractivity (Wildman–Crippen MR) is 104 cm³/mol. The number of aromatic amines is 1. The summed E-state index contributed by atoms with van der Waals surface area (Å²) in [5.41, 5.74) is 2.08. The molecule has 1 aromatic heterocycles. The van der Waals surface area contributed by atoms with Crippen molar-refractivity contribution in [2.24, 2.45) is 0 Å². The molecule has 0 saturated heterocycles. The number of aromatic nitrogens is 1. The molecule has 25 heavy (non-hydrogen) atoms. The third-order valence-corrected chi connectivity index (χ3v) is 6.02. The van der Waals surface area contributed by atoms with E-state index in [9.17, 15) is 13.7 Å². The van der Waals surface area contributed by atoms with Gasteiger partial charge in [-0.1, -0.05) is 39.7 Å². The molecule has 0 fully saturated rings. The van der Waals surface area contributed by atoms with Crippen molar-refractivity contribution in [1.82, 2.24) is 4.98 Å². The van der Waals surface area contributed by atoms with E-state index < -0.39 is 9.84 Å². The lowest BCUT2D eigenvalue weighted by Crippen LogP contribution is -2.06. The van der Waals surface area contributed by atoms with Crippen LogP contribution < -0.4 is 0 Å². The molecule has 0 unspecified atom stereocenters. The maximum absolute atomic E-state index is 12.6. The van der Waals surface area contributed by atoms with Gasteiger partial charge in [-0.15, -0.1) is 0 Å². The Labute approximate surface area is 158 Å². The largest absolute Gasteiger partial charge is 0.361 e. The molecule has 126 valence electrons. The van der Waals surface area contributed by atoms with E-state index in [2.05, 4.69) is 20.9 Å². The van der Waals surface area contributed by atoms with Crippen LogP contribution in [0.1, 0.15) is 11.1 Å². The van der Waals surface area contributed by atoms with Crippen LogP contribution in [0.3, 0.4) is 0 Å². The highest BCUT2D eigenvalue weighted by atomic mass is 79.9. The van der Waals surface area contributed by atoms with Crippen molar-refractivity contribution in [3.8, 4) is 6.07 Å². The maximum Gasteiger partial charge on any atom is 0.192 e. The summed E-state index contributed by atoms with van der Waals surface area (Å²) < 4.78 is 26.1. The van der Waals surface area contributed by atoms with Gasteiger partial charge in [0.2, 0.25) is 0 Å². The minimum absolute atomic E-state index is 0.254. The van der Waals surface area contributed by atoms with Crippen molar-refractivity contribution in [2.75, 3.05) is 0 Å². The second-order valence-corrected chi connectivity index (χ2v) is 8.75. The van der Waals surface area contributed by atoms with E-state index in [0.29, 0.717) is 16.1 Å². The third-order valence-electron chi connectivity index (χ3n) is 3.68. The minimum atomic E-state index is -3.76. The van der Waals surface area contributed by atoms with Crippen molar-refractivity contribution in [3.63, 3.8) is 0 Å². The lowest BCUT2D eigenvalue weighted by Gasteiger charge is -2.04. The van der Waals surface area contributed by atoms with Crippen LogP contribution in [0.25, 0.3) is 17.0 Å². The second-order valence-electron chi connectivity index (χ2n) is 5.44. The first-order chi connectivity index (χ1) is 11.9. The van der Waals surface area contributed by atoms with Gasteiger partial charge in [0, 0.05) is 32.2 Å². The Morgan fingerprint density at radius 1 is 1.24 bits per heavy atom. The predicted octanol–water partition coefficient (Wildman–Crippen LogP) is 5.06. The minimum Gasteiger partial charge on any atom is -0.361 e. The highest BCUT2D eigenvalue weighted by Crippen LogP contribution is 2.26. The second kappa shape index (κ2) is 7.04. The van der Waals surface area contributed by atoms with Crippen LogP contribution in [0, 0.1) is 11.3 Å². The summed E-state index contributed by atoms with van der Waals surface area (Å²) in [5, 5.41) is 10.7. The molecular weight excluding hydrogens is 424 g/mol. The number of hydrogen-bond donors (Lipinski definition) is 1. The van der Waals surface area contributed by atoms with E-state index in [-0.39, 0.29) is 10.7 Å². The van der Waals surface area contributed by atoms with Crippen LogP contribution in [0.15, 0.2) is 58.0 Å². The monoisotopic (exact) mass is 434 g/mol. The highest BCUT2D eigenvalue weighted by molar-refractivity contribution is 9.10. The fraction of sp³-hybridized carbons (Fsp3) is 0.0556. The van der Waals surface area contributed by atoms with Crippen LogP contribution in [-0.4, -0.2) is 13.4 Å². The number of nitriles is 1. The van der Waals surface area contributed by atoms with Crippen LogP contribution in [0.4, 0.5) is 0 Å². The SMILES string of the molecule is N#CC(=Cc1c[nH]c2ccc(Br)cc12)S(=O)(=O)Cc1ccc(Cl)cc1. The summed E-state index contributed by atoms with van der Waals surface area (Å²) >= 11 is 9.21. The summed E-state index contributed by atoms with van der Waals surface area (Å²) in [6, 6.07) is 14.0. The number of nitrogens with one attached hydrogen (secondary N) is 1. The number of allylic oxidation sites excluding steroid dienone is 1. The molecule has 0 aliphatic carbocycles. The van der Waals surface area contributed by atoms with Crippen molar-refractivity contribution < 1.29 is 8.42 Å². The fourth-order valence-corrected chi connectivity index (χ4v) is 4.16. The summed E-state index contributed by atoms with van der Waals surface area (Å²) in [6.45, 7) is 0. The number of fused-ring (bicyclic) bond motifs is 1. The van der Waals surface area contributed by atoms with Gasteiger partial charge in [0.15, 0.2) is 9.84 Å². The Kier molecular flexibility index (Phi) is 5.00. The molecule has 3 rings (SSSR count). The molecule has 0 atom stereocenters. The van der Waals surface area contributed by atoms with Crippen molar-refractivity contribution >= 4 is 54.3 Å². The molecule has 0 spiro atoms. The van der Waals surface area contributed by atoms with Crippen molar-refractivity contribution in [2.45, 2.75) is 5.75 Å². The molecule has 3 aromatic rings. The molecule has 7 heteroatoms. The Morgan fingerprint density at radius 2 is 1.96 bits per heavy atom. The lowest BCUT2D eigenvalue weighted by molar-refractivity contribution is 0.602. The summed E-state index contributed by atoms with van der Waals surface area (Å²) in [4.78, 5) is 2.79. The average Bonchev–Trinajstić information content (AvgIpc) is 2.96. The summed E-state index contributed by atoms with van der Waals surface area (Å²) in [6.07, 6.45) is 3.09. The number of H-pyrrole nitrogens is 1. The van der Waals surface area contributed by atoms with Crippen molar-refractivity contribution in [1.29, 1.82) is 5.26 Å². The molecule has 0 aliphatic heterocycles. The molecular formula is C18H12BrClN2O2S. The molecule has 0 bridgehead atoms. The van der Waals surface area contributed by atoms with E-state index in [4.69, 9.17) is 11.6 Å². The zero-order chi connectivity index (χ0) is 18.0. The third kappa shape index (κ3) is 3.96. The first-order valence-corrected chi connectivity index (χ1v) is 10.1. The van der Waals surface area contributed by atoms with Gasteiger partial charge in [0.1, 0.15) is 11.0 Å². The number of benzene rings is 2. The molecule has 4 nitrogen and oxygen atoms in total. The number of nitrogens with zero attached hydrogens (tertiary/aromatic N) is 1. The van der Waals surface area contributed by atoms with Gasteiger partial charge < -0.3 is 4.98 Å².